The van der Waals surface area contributed by atoms with Crippen molar-refractivity contribution in [2.24, 2.45) is 0 Å². The number of rotatable bonds is 11. The van der Waals surface area contributed by atoms with Crippen molar-refractivity contribution in [3.8, 4) is 0 Å². The third-order valence-corrected chi connectivity index (χ3v) is 5.16. The largest absolute Gasteiger partial charge is 0.383 e. The van der Waals surface area contributed by atoms with Crippen LogP contribution in [0.2, 0.25) is 0 Å². The predicted molar refractivity (Wildman–Crippen MR) is 122 cm³/mol. The van der Waals surface area contributed by atoms with E-state index in [0.717, 1.165) is 37.7 Å². The molecule has 164 valence electrons. The minimum absolute atomic E-state index is 0.0499. The summed E-state index contributed by atoms with van der Waals surface area (Å²) in [6, 6.07) is 8.02. The van der Waals surface area contributed by atoms with Gasteiger partial charge in [0.2, 0.25) is 5.91 Å². The molecule has 0 saturated carbocycles. The summed E-state index contributed by atoms with van der Waals surface area (Å²) in [6.45, 7) is 6.85. The Hall–Kier alpha value is -2.83. The first-order chi connectivity index (χ1) is 14.4. The SMILES string of the molecule is CCCCc1ccc(CC(=O)N(CCC)c2c(N)n(CCCC)c(=O)[nH]c2=O)cc1. The molecule has 30 heavy (non-hydrogen) atoms. The summed E-state index contributed by atoms with van der Waals surface area (Å²) in [4.78, 5) is 41.6. The highest BCUT2D eigenvalue weighted by molar-refractivity contribution is 5.96. The lowest BCUT2D eigenvalue weighted by Crippen LogP contribution is -2.42. The maximum absolute atomic E-state index is 13.1. The number of nitrogen functional groups attached to an aromatic ring is 1. The lowest BCUT2D eigenvalue weighted by molar-refractivity contribution is -0.118. The Morgan fingerprint density at radius 1 is 1.00 bits per heavy atom. The van der Waals surface area contributed by atoms with Crippen molar-refractivity contribution in [2.45, 2.75) is 72.3 Å². The molecule has 3 N–H and O–H groups in total. The van der Waals surface area contributed by atoms with E-state index in [1.807, 2.05) is 26.0 Å². The summed E-state index contributed by atoms with van der Waals surface area (Å²) in [7, 11) is 0. The molecule has 0 saturated heterocycles. The molecule has 0 atom stereocenters. The number of unbranched alkanes of at least 4 members (excludes halogenated alkanes) is 2. The average Bonchev–Trinajstić information content (AvgIpc) is 2.72. The number of hydrogen-bond acceptors (Lipinski definition) is 4. The zero-order valence-corrected chi connectivity index (χ0v) is 18.4. The van der Waals surface area contributed by atoms with Gasteiger partial charge in [-0.3, -0.25) is 19.1 Å². The van der Waals surface area contributed by atoms with Crippen LogP contribution in [0.4, 0.5) is 11.5 Å². The summed E-state index contributed by atoms with van der Waals surface area (Å²) in [6.07, 6.45) is 5.77. The van der Waals surface area contributed by atoms with Crippen LogP contribution in [0.5, 0.6) is 0 Å². The number of nitrogens with one attached hydrogen (secondary N) is 1. The van der Waals surface area contributed by atoms with Gasteiger partial charge in [0.25, 0.3) is 5.56 Å². The van der Waals surface area contributed by atoms with E-state index in [9.17, 15) is 14.4 Å². The molecule has 7 heteroatoms. The highest BCUT2D eigenvalue weighted by atomic mass is 16.2. The van der Waals surface area contributed by atoms with Crippen LogP contribution in [0.1, 0.15) is 64.0 Å². The normalized spacial score (nSPS) is 10.9. The molecule has 1 aromatic carbocycles. The van der Waals surface area contributed by atoms with Gasteiger partial charge in [-0.15, -0.1) is 0 Å². The van der Waals surface area contributed by atoms with Crippen LogP contribution >= 0.6 is 0 Å². The van der Waals surface area contributed by atoms with E-state index < -0.39 is 11.2 Å². The number of aryl methyl sites for hydroxylation is 1. The molecular formula is C23H34N4O3. The number of anilines is 2. The van der Waals surface area contributed by atoms with Crippen LogP contribution in [-0.4, -0.2) is 22.0 Å². The number of aromatic nitrogens is 2. The van der Waals surface area contributed by atoms with Crippen LogP contribution < -0.4 is 21.9 Å². The number of amides is 1. The second-order valence-corrected chi connectivity index (χ2v) is 7.64. The summed E-state index contributed by atoms with van der Waals surface area (Å²) in [5.41, 5.74) is 7.24. The van der Waals surface area contributed by atoms with Gasteiger partial charge in [-0.25, -0.2) is 4.79 Å². The fraction of sp³-hybridized carbons (Fsp3) is 0.522. The van der Waals surface area contributed by atoms with Crippen LogP contribution in [0.15, 0.2) is 33.9 Å². The van der Waals surface area contributed by atoms with Gasteiger partial charge < -0.3 is 10.6 Å². The second kappa shape index (κ2) is 11.4. The third kappa shape index (κ3) is 5.84. The first kappa shape index (κ1) is 23.4. The summed E-state index contributed by atoms with van der Waals surface area (Å²) in [5, 5.41) is 0. The number of benzene rings is 1. The molecule has 0 aliphatic carbocycles. The molecule has 0 aliphatic heterocycles. The molecule has 0 fully saturated rings. The number of carbonyl (C=O) groups excluding carboxylic acids is 1. The molecule has 1 aromatic heterocycles. The van der Waals surface area contributed by atoms with Crippen molar-refractivity contribution in [2.75, 3.05) is 17.2 Å². The average molecular weight is 415 g/mol. The number of aromatic amines is 1. The topological polar surface area (TPSA) is 101 Å². The van der Waals surface area contributed by atoms with Gasteiger partial charge in [-0.05, 0) is 36.8 Å². The number of hydrogen-bond donors (Lipinski definition) is 2. The Kier molecular flexibility index (Phi) is 8.89. The predicted octanol–water partition coefficient (Wildman–Crippen LogP) is 3.25. The summed E-state index contributed by atoms with van der Waals surface area (Å²) < 4.78 is 1.35. The Labute approximate surface area is 177 Å². The highest BCUT2D eigenvalue weighted by Crippen LogP contribution is 2.19. The number of carbonyl (C=O) groups is 1. The summed E-state index contributed by atoms with van der Waals surface area (Å²) in [5.74, 6) is -0.162. The van der Waals surface area contributed by atoms with Crippen molar-refractivity contribution >= 4 is 17.4 Å². The van der Waals surface area contributed by atoms with E-state index in [0.29, 0.717) is 19.5 Å². The summed E-state index contributed by atoms with van der Waals surface area (Å²) >= 11 is 0. The zero-order valence-electron chi connectivity index (χ0n) is 18.4. The number of H-pyrrole nitrogens is 1. The van der Waals surface area contributed by atoms with Crippen molar-refractivity contribution in [3.05, 3.63) is 56.2 Å². The molecule has 0 aliphatic rings. The smallest absolute Gasteiger partial charge is 0.330 e. The lowest BCUT2D eigenvalue weighted by atomic mass is 10.0. The van der Waals surface area contributed by atoms with Gasteiger partial charge in [0.15, 0.2) is 5.69 Å². The molecule has 1 amide bonds. The quantitative estimate of drug-likeness (QED) is 0.589. The zero-order chi connectivity index (χ0) is 22.1. The van der Waals surface area contributed by atoms with Gasteiger partial charge in [0.05, 0.1) is 6.42 Å². The Bertz CT molecular complexity index is 944. The van der Waals surface area contributed by atoms with E-state index in [1.165, 1.54) is 15.0 Å². The molecule has 0 unspecified atom stereocenters. The second-order valence-electron chi connectivity index (χ2n) is 7.64. The van der Waals surface area contributed by atoms with Crippen LogP contribution in [0.3, 0.4) is 0 Å². The first-order valence-corrected chi connectivity index (χ1v) is 10.9. The van der Waals surface area contributed by atoms with E-state index in [1.54, 1.807) is 0 Å². The monoisotopic (exact) mass is 414 g/mol. The number of nitrogens with zero attached hydrogens (tertiary/aromatic N) is 2. The Morgan fingerprint density at radius 2 is 1.63 bits per heavy atom. The fourth-order valence-corrected chi connectivity index (χ4v) is 3.44. The Morgan fingerprint density at radius 3 is 2.23 bits per heavy atom. The number of nitrogens with two attached hydrogens (primary N) is 1. The fourth-order valence-electron chi connectivity index (χ4n) is 3.44. The highest BCUT2D eigenvalue weighted by Gasteiger charge is 2.23. The Balaban J connectivity index is 2.31. The van der Waals surface area contributed by atoms with Crippen molar-refractivity contribution in [3.63, 3.8) is 0 Å². The van der Waals surface area contributed by atoms with Crippen molar-refractivity contribution in [1.82, 2.24) is 9.55 Å². The van der Waals surface area contributed by atoms with Crippen molar-refractivity contribution in [1.29, 1.82) is 0 Å². The maximum Gasteiger partial charge on any atom is 0.330 e. The minimum Gasteiger partial charge on any atom is -0.383 e. The van der Waals surface area contributed by atoms with E-state index in [4.69, 9.17) is 5.73 Å². The van der Waals surface area contributed by atoms with Gasteiger partial charge in [0, 0.05) is 13.1 Å². The van der Waals surface area contributed by atoms with E-state index in [-0.39, 0.29) is 23.8 Å². The molecule has 2 rings (SSSR count). The van der Waals surface area contributed by atoms with Gasteiger partial charge >= 0.3 is 5.69 Å². The van der Waals surface area contributed by atoms with Gasteiger partial charge in [-0.1, -0.05) is 57.9 Å². The molecule has 2 aromatic rings. The maximum atomic E-state index is 13.1. The molecular weight excluding hydrogens is 380 g/mol. The third-order valence-electron chi connectivity index (χ3n) is 5.16. The molecule has 0 spiro atoms. The molecule has 1 heterocycles. The van der Waals surface area contributed by atoms with E-state index in [2.05, 4.69) is 24.0 Å². The van der Waals surface area contributed by atoms with Crippen LogP contribution in [0, 0.1) is 0 Å². The van der Waals surface area contributed by atoms with Gasteiger partial charge in [0.1, 0.15) is 5.82 Å². The first-order valence-electron chi connectivity index (χ1n) is 10.9. The minimum atomic E-state index is -0.623. The standard InChI is InChI=1S/C23H34N4O3/c1-4-7-9-17-10-12-18(13-11-17)16-19(28)26(14-6-3)20-21(24)27(15-8-5-2)23(30)25-22(20)29/h10-13H,4-9,14-16,24H2,1-3H3,(H,25,29,30). The molecule has 0 radical (unpaired) electrons. The van der Waals surface area contributed by atoms with Gasteiger partial charge in [-0.2, -0.15) is 0 Å². The van der Waals surface area contributed by atoms with Crippen molar-refractivity contribution < 1.29 is 4.79 Å². The molecule has 7 nitrogen and oxygen atoms in total. The van der Waals surface area contributed by atoms with Crippen LogP contribution in [0.25, 0.3) is 0 Å². The molecule has 0 bridgehead atoms. The lowest BCUT2D eigenvalue weighted by Gasteiger charge is -2.24. The van der Waals surface area contributed by atoms with Crippen LogP contribution in [-0.2, 0) is 24.2 Å². The van der Waals surface area contributed by atoms with E-state index >= 15 is 0 Å².